The smallest absolute Gasteiger partial charge is 0.338 e. The fourth-order valence-corrected chi connectivity index (χ4v) is 3.41. The third-order valence-corrected chi connectivity index (χ3v) is 4.89. The number of esters is 1. The second kappa shape index (κ2) is 8.25. The number of amides is 1. The van der Waals surface area contributed by atoms with Crippen molar-refractivity contribution in [3.8, 4) is 0 Å². The van der Waals surface area contributed by atoms with Gasteiger partial charge >= 0.3 is 5.97 Å². The van der Waals surface area contributed by atoms with E-state index < -0.39 is 5.97 Å². The number of nitrogens with zero attached hydrogens (tertiary/aromatic N) is 2. The molecule has 26 heavy (non-hydrogen) atoms. The van der Waals surface area contributed by atoms with Crippen LogP contribution in [0.25, 0.3) is 0 Å². The van der Waals surface area contributed by atoms with Crippen molar-refractivity contribution in [3.05, 3.63) is 75.7 Å². The van der Waals surface area contributed by atoms with Crippen molar-refractivity contribution < 1.29 is 14.3 Å². The van der Waals surface area contributed by atoms with Crippen molar-refractivity contribution in [2.45, 2.75) is 13.5 Å². The van der Waals surface area contributed by atoms with Gasteiger partial charge in [-0.15, -0.1) is 11.3 Å². The van der Waals surface area contributed by atoms with Crippen LogP contribution in [0.1, 0.15) is 23.0 Å². The van der Waals surface area contributed by atoms with Crippen LogP contribution in [-0.4, -0.2) is 16.9 Å². The SMILES string of the molecule is CC(=O)N(c1ccccc1)c1nc(COC(=O)c2ccc(Br)cc2)cs1. The number of para-hydroxylation sites is 1. The number of aromatic nitrogens is 1. The van der Waals surface area contributed by atoms with Crippen molar-refractivity contribution in [2.75, 3.05) is 4.90 Å². The minimum atomic E-state index is -0.418. The minimum absolute atomic E-state index is 0.0476. The van der Waals surface area contributed by atoms with Crippen LogP contribution in [0.15, 0.2) is 64.5 Å². The summed E-state index contributed by atoms with van der Waals surface area (Å²) in [5, 5.41) is 2.32. The summed E-state index contributed by atoms with van der Waals surface area (Å²) < 4.78 is 6.19. The molecule has 0 aliphatic carbocycles. The van der Waals surface area contributed by atoms with E-state index >= 15 is 0 Å². The Morgan fingerprint density at radius 1 is 1.12 bits per heavy atom. The van der Waals surface area contributed by atoms with Crippen LogP contribution in [0.4, 0.5) is 10.8 Å². The van der Waals surface area contributed by atoms with Gasteiger partial charge in [-0.2, -0.15) is 0 Å². The predicted molar refractivity (Wildman–Crippen MR) is 105 cm³/mol. The number of thiazole rings is 1. The molecule has 0 aliphatic heterocycles. The summed E-state index contributed by atoms with van der Waals surface area (Å²) in [5.74, 6) is -0.553. The van der Waals surface area contributed by atoms with Crippen molar-refractivity contribution in [3.63, 3.8) is 0 Å². The fourth-order valence-electron chi connectivity index (χ4n) is 2.28. The summed E-state index contributed by atoms with van der Waals surface area (Å²) in [5.41, 5.74) is 1.81. The molecule has 5 nitrogen and oxygen atoms in total. The number of carbonyl (C=O) groups is 2. The van der Waals surface area contributed by atoms with Gasteiger partial charge in [0.25, 0.3) is 0 Å². The molecule has 0 aliphatic rings. The highest BCUT2D eigenvalue weighted by Crippen LogP contribution is 2.29. The largest absolute Gasteiger partial charge is 0.456 e. The second-order valence-electron chi connectivity index (χ2n) is 5.39. The zero-order valence-corrected chi connectivity index (χ0v) is 16.3. The van der Waals surface area contributed by atoms with E-state index in [-0.39, 0.29) is 12.5 Å². The van der Waals surface area contributed by atoms with Crippen molar-refractivity contribution >= 4 is 50.0 Å². The second-order valence-corrected chi connectivity index (χ2v) is 7.15. The summed E-state index contributed by atoms with van der Waals surface area (Å²) in [6.45, 7) is 1.54. The predicted octanol–water partition coefficient (Wildman–Crippen LogP) is 4.95. The van der Waals surface area contributed by atoms with Crippen LogP contribution in [0.2, 0.25) is 0 Å². The van der Waals surface area contributed by atoms with Gasteiger partial charge in [0.1, 0.15) is 6.61 Å². The number of anilines is 2. The van der Waals surface area contributed by atoms with Crippen LogP contribution >= 0.6 is 27.3 Å². The Labute approximate surface area is 163 Å². The molecule has 3 rings (SSSR count). The van der Waals surface area contributed by atoms with Crippen molar-refractivity contribution in [1.29, 1.82) is 0 Å². The Kier molecular flexibility index (Phi) is 5.80. The van der Waals surface area contributed by atoms with E-state index in [0.717, 1.165) is 10.2 Å². The Hall–Kier alpha value is -2.51. The molecule has 7 heteroatoms. The molecule has 2 aromatic carbocycles. The molecule has 0 N–H and O–H groups in total. The van der Waals surface area contributed by atoms with E-state index in [2.05, 4.69) is 20.9 Å². The molecule has 132 valence electrons. The standard InChI is InChI=1S/C19H15BrN2O3S/c1-13(23)22(17-5-3-2-4-6-17)19-21-16(12-26-19)11-25-18(24)14-7-9-15(20)10-8-14/h2-10,12H,11H2,1H3. The number of hydrogen-bond acceptors (Lipinski definition) is 5. The van der Waals surface area contributed by atoms with Gasteiger partial charge in [-0.1, -0.05) is 34.1 Å². The Morgan fingerprint density at radius 2 is 1.81 bits per heavy atom. The maximum Gasteiger partial charge on any atom is 0.338 e. The Bertz CT molecular complexity index is 910. The zero-order chi connectivity index (χ0) is 18.5. The number of carbonyl (C=O) groups excluding carboxylic acids is 2. The highest BCUT2D eigenvalue weighted by Gasteiger charge is 2.18. The van der Waals surface area contributed by atoms with Gasteiger partial charge in [0.05, 0.1) is 16.9 Å². The summed E-state index contributed by atoms with van der Waals surface area (Å²) >= 11 is 4.65. The molecule has 1 aromatic heterocycles. The van der Waals surface area contributed by atoms with Gasteiger partial charge in [-0.05, 0) is 36.4 Å². The fraction of sp³-hybridized carbons (Fsp3) is 0.105. The van der Waals surface area contributed by atoms with Crippen LogP contribution in [-0.2, 0) is 16.1 Å². The first-order valence-electron chi connectivity index (χ1n) is 7.77. The van der Waals surface area contributed by atoms with Gasteiger partial charge in [-0.3, -0.25) is 9.69 Å². The average Bonchev–Trinajstić information content (AvgIpc) is 3.09. The van der Waals surface area contributed by atoms with Gasteiger partial charge in [0.15, 0.2) is 5.13 Å². The molecule has 1 amide bonds. The molecule has 0 saturated heterocycles. The van der Waals surface area contributed by atoms with Gasteiger partial charge in [0, 0.05) is 16.8 Å². The number of rotatable bonds is 5. The van der Waals surface area contributed by atoms with Gasteiger partial charge in [0.2, 0.25) is 5.91 Å². The third kappa shape index (κ3) is 4.36. The average molecular weight is 431 g/mol. The lowest BCUT2D eigenvalue weighted by Crippen LogP contribution is -2.22. The van der Waals surface area contributed by atoms with Crippen molar-refractivity contribution in [2.24, 2.45) is 0 Å². The number of benzene rings is 2. The lowest BCUT2D eigenvalue weighted by atomic mass is 10.2. The number of hydrogen-bond donors (Lipinski definition) is 0. The summed E-state index contributed by atoms with van der Waals surface area (Å²) in [7, 11) is 0. The van der Waals surface area contributed by atoms with Gasteiger partial charge in [-0.25, -0.2) is 9.78 Å². The molecular weight excluding hydrogens is 416 g/mol. The van der Waals surface area contributed by atoms with E-state index in [1.807, 2.05) is 30.3 Å². The quantitative estimate of drug-likeness (QED) is 0.537. The minimum Gasteiger partial charge on any atom is -0.456 e. The van der Waals surface area contributed by atoms with Gasteiger partial charge < -0.3 is 4.74 Å². The molecule has 0 radical (unpaired) electrons. The molecule has 0 spiro atoms. The first-order valence-corrected chi connectivity index (χ1v) is 9.44. The highest BCUT2D eigenvalue weighted by atomic mass is 79.9. The molecule has 3 aromatic rings. The Balaban J connectivity index is 1.70. The van der Waals surface area contributed by atoms with Crippen LogP contribution in [0.3, 0.4) is 0 Å². The molecular formula is C19H15BrN2O3S. The summed E-state index contributed by atoms with van der Waals surface area (Å²) in [6, 6.07) is 16.2. The Morgan fingerprint density at radius 3 is 2.46 bits per heavy atom. The number of halogens is 1. The normalized spacial score (nSPS) is 10.4. The van der Waals surface area contributed by atoms with E-state index in [4.69, 9.17) is 4.74 Å². The molecule has 0 bridgehead atoms. The lowest BCUT2D eigenvalue weighted by molar-refractivity contribution is -0.115. The first kappa shape index (κ1) is 18.3. The van der Waals surface area contributed by atoms with Crippen LogP contribution in [0, 0.1) is 0 Å². The lowest BCUT2D eigenvalue weighted by Gasteiger charge is -2.17. The molecule has 0 unspecified atom stereocenters. The van der Waals surface area contributed by atoms with Crippen LogP contribution < -0.4 is 4.90 Å². The third-order valence-electron chi connectivity index (χ3n) is 3.49. The zero-order valence-electron chi connectivity index (χ0n) is 13.9. The van der Waals surface area contributed by atoms with E-state index in [1.165, 1.54) is 23.2 Å². The van der Waals surface area contributed by atoms with Crippen molar-refractivity contribution in [1.82, 2.24) is 4.98 Å². The number of ether oxygens (including phenoxy) is 1. The highest BCUT2D eigenvalue weighted by molar-refractivity contribution is 9.10. The maximum atomic E-state index is 12.1. The van der Waals surface area contributed by atoms with Crippen LogP contribution in [0.5, 0.6) is 0 Å². The van der Waals surface area contributed by atoms with E-state index in [0.29, 0.717) is 16.4 Å². The van der Waals surface area contributed by atoms with E-state index in [9.17, 15) is 9.59 Å². The van der Waals surface area contributed by atoms with E-state index in [1.54, 1.807) is 29.6 Å². The topological polar surface area (TPSA) is 59.5 Å². The molecule has 0 fully saturated rings. The molecule has 0 atom stereocenters. The molecule has 0 saturated carbocycles. The summed E-state index contributed by atoms with van der Waals surface area (Å²) in [6.07, 6.45) is 0. The first-order chi connectivity index (χ1) is 12.5. The molecule has 1 heterocycles. The monoisotopic (exact) mass is 430 g/mol. The summed E-state index contributed by atoms with van der Waals surface area (Å²) in [4.78, 5) is 30.1. The maximum absolute atomic E-state index is 12.1.